The average molecular weight is 303 g/mol. The summed E-state index contributed by atoms with van der Waals surface area (Å²) in [6.45, 7) is 2.03. The first kappa shape index (κ1) is 13.0. The van der Waals surface area contributed by atoms with Gasteiger partial charge in [-0.25, -0.2) is 4.98 Å². The second-order valence-electron chi connectivity index (χ2n) is 5.99. The van der Waals surface area contributed by atoms with Crippen LogP contribution in [0.15, 0.2) is 16.8 Å². The van der Waals surface area contributed by atoms with E-state index in [1.807, 2.05) is 13.1 Å². The lowest BCUT2D eigenvalue weighted by molar-refractivity contribution is 0.0922. The minimum atomic E-state index is -0.157. The van der Waals surface area contributed by atoms with Crippen LogP contribution in [0.1, 0.15) is 63.8 Å². The highest BCUT2D eigenvalue weighted by molar-refractivity contribution is 7.11. The molecule has 1 amide bonds. The van der Waals surface area contributed by atoms with Gasteiger partial charge in [-0.05, 0) is 38.5 Å². The van der Waals surface area contributed by atoms with Crippen LogP contribution >= 0.6 is 11.3 Å². The van der Waals surface area contributed by atoms with Crippen molar-refractivity contribution in [1.29, 1.82) is 0 Å². The summed E-state index contributed by atoms with van der Waals surface area (Å²) in [7, 11) is 0. The van der Waals surface area contributed by atoms with Gasteiger partial charge < -0.3 is 9.84 Å². The molecule has 110 valence electrons. The monoisotopic (exact) mass is 303 g/mol. The fraction of sp³-hybridized carbons (Fsp3) is 0.533. The summed E-state index contributed by atoms with van der Waals surface area (Å²) in [5.41, 5.74) is 0.385. The highest BCUT2D eigenvalue weighted by Gasteiger charge is 2.36. The summed E-state index contributed by atoms with van der Waals surface area (Å²) in [6, 6.07) is 1.79. The second-order valence-corrected chi connectivity index (χ2v) is 7.25. The van der Waals surface area contributed by atoms with Crippen molar-refractivity contribution in [2.45, 2.75) is 44.6 Å². The first-order valence-corrected chi connectivity index (χ1v) is 8.22. The lowest BCUT2D eigenvalue weighted by Crippen LogP contribution is -2.30. The Balaban J connectivity index is 1.50. The minimum Gasteiger partial charge on any atom is -0.360 e. The molecule has 2 aromatic rings. The number of amides is 1. The number of thiazole rings is 1. The smallest absolute Gasteiger partial charge is 0.274 e. The van der Waals surface area contributed by atoms with Crippen molar-refractivity contribution in [3.63, 3.8) is 0 Å². The standard InChI is InChI=1S/C15H17N3O2S/c1-8-7-16-15(21-8)13(10-4-5-10)17-14(19)11-6-12(20-18-11)9-2-3-9/h6-7,9-10,13H,2-5H2,1H3,(H,17,19)/t13-/m1/s1. The van der Waals surface area contributed by atoms with Gasteiger partial charge in [0.25, 0.3) is 5.91 Å². The van der Waals surface area contributed by atoms with Gasteiger partial charge in [-0.15, -0.1) is 11.3 Å². The Hall–Kier alpha value is -1.69. The zero-order valence-corrected chi connectivity index (χ0v) is 12.7. The summed E-state index contributed by atoms with van der Waals surface area (Å²) in [4.78, 5) is 18.0. The maximum atomic E-state index is 12.4. The van der Waals surface area contributed by atoms with E-state index in [1.54, 1.807) is 17.4 Å². The van der Waals surface area contributed by atoms with Gasteiger partial charge in [-0.3, -0.25) is 4.79 Å². The molecule has 0 bridgehead atoms. The van der Waals surface area contributed by atoms with E-state index in [0.29, 0.717) is 17.5 Å². The van der Waals surface area contributed by atoms with E-state index in [9.17, 15) is 4.79 Å². The fourth-order valence-electron chi connectivity index (χ4n) is 2.50. The van der Waals surface area contributed by atoms with Crippen LogP contribution in [-0.4, -0.2) is 16.0 Å². The van der Waals surface area contributed by atoms with Crippen molar-refractivity contribution >= 4 is 17.2 Å². The lowest BCUT2D eigenvalue weighted by atomic mass is 10.2. The van der Waals surface area contributed by atoms with E-state index in [2.05, 4.69) is 15.5 Å². The van der Waals surface area contributed by atoms with Crippen molar-refractivity contribution in [2.75, 3.05) is 0 Å². The Morgan fingerprint density at radius 3 is 2.86 bits per heavy atom. The summed E-state index contributed by atoms with van der Waals surface area (Å²) in [5.74, 6) is 1.66. The molecule has 2 aromatic heterocycles. The van der Waals surface area contributed by atoms with Crippen molar-refractivity contribution in [3.8, 4) is 0 Å². The number of rotatable bonds is 5. The number of carbonyl (C=O) groups is 1. The lowest BCUT2D eigenvalue weighted by Gasteiger charge is -2.14. The van der Waals surface area contributed by atoms with Crippen molar-refractivity contribution < 1.29 is 9.32 Å². The van der Waals surface area contributed by atoms with E-state index in [1.165, 1.54) is 4.88 Å². The van der Waals surface area contributed by atoms with E-state index in [4.69, 9.17) is 4.52 Å². The van der Waals surface area contributed by atoms with Gasteiger partial charge in [0.2, 0.25) is 0 Å². The second kappa shape index (κ2) is 4.94. The Labute approximate surface area is 126 Å². The quantitative estimate of drug-likeness (QED) is 0.921. The molecule has 2 fully saturated rings. The first-order chi connectivity index (χ1) is 10.2. The Morgan fingerprint density at radius 1 is 1.43 bits per heavy atom. The van der Waals surface area contributed by atoms with Gasteiger partial charge in [0.05, 0.1) is 6.04 Å². The summed E-state index contributed by atoms with van der Waals surface area (Å²) < 4.78 is 5.25. The molecule has 2 aliphatic rings. The Kier molecular flexibility index (Phi) is 3.06. The maximum Gasteiger partial charge on any atom is 0.274 e. The number of aryl methyl sites for hydroxylation is 1. The molecular weight excluding hydrogens is 286 g/mol. The molecule has 5 nitrogen and oxygen atoms in total. The van der Waals surface area contributed by atoms with Crippen LogP contribution < -0.4 is 5.32 Å². The largest absolute Gasteiger partial charge is 0.360 e. The van der Waals surface area contributed by atoms with Crippen molar-refractivity contribution in [2.24, 2.45) is 5.92 Å². The van der Waals surface area contributed by atoms with E-state index < -0.39 is 0 Å². The van der Waals surface area contributed by atoms with E-state index in [0.717, 1.165) is 36.5 Å². The van der Waals surface area contributed by atoms with Gasteiger partial charge in [-0.2, -0.15) is 0 Å². The van der Waals surface area contributed by atoms with Crippen molar-refractivity contribution in [1.82, 2.24) is 15.5 Å². The molecule has 0 saturated heterocycles. The van der Waals surface area contributed by atoms with Gasteiger partial charge in [0.1, 0.15) is 10.8 Å². The maximum absolute atomic E-state index is 12.4. The molecule has 2 heterocycles. The number of nitrogens with zero attached hydrogens (tertiary/aromatic N) is 2. The Morgan fingerprint density at radius 2 is 2.24 bits per heavy atom. The summed E-state index contributed by atoms with van der Waals surface area (Å²) in [6.07, 6.45) is 6.44. The number of aromatic nitrogens is 2. The molecule has 0 unspecified atom stereocenters. The third-order valence-corrected chi connectivity index (χ3v) is 5.02. The molecule has 0 radical (unpaired) electrons. The van der Waals surface area contributed by atoms with Gasteiger partial charge in [0, 0.05) is 23.1 Å². The molecule has 2 saturated carbocycles. The van der Waals surface area contributed by atoms with E-state index >= 15 is 0 Å². The molecule has 0 aromatic carbocycles. The molecule has 21 heavy (non-hydrogen) atoms. The van der Waals surface area contributed by atoms with Crippen LogP contribution in [0.2, 0.25) is 0 Å². The zero-order valence-electron chi connectivity index (χ0n) is 11.8. The number of carbonyl (C=O) groups excluding carboxylic acids is 1. The molecule has 2 aliphatic carbocycles. The highest BCUT2D eigenvalue weighted by atomic mass is 32.1. The highest BCUT2D eigenvalue weighted by Crippen LogP contribution is 2.42. The van der Waals surface area contributed by atoms with E-state index in [-0.39, 0.29) is 11.9 Å². The number of nitrogens with one attached hydrogen (secondary N) is 1. The minimum absolute atomic E-state index is 0.0114. The van der Waals surface area contributed by atoms with Crippen LogP contribution in [-0.2, 0) is 0 Å². The molecule has 6 heteroatoms. The Bertz CT molecular complexity index is 670. The summed E-state index contributed by atoms with van der Waals surface area (Å²) in [5, 5.41) is 7.98. The van der Waals surface area contributed by atoms with Crippen LogP contribution in [0, 0.1) is 12.8 Å². The zero-order chi connectivity index (χ0) is 14.4. The fourth-order valence-corrected chi connectivity index (χ4v) is 3.42. The molecular formula is C15H17N3O2S. The molecule has 1 atom stereocenters. The van der Waals surface area contributed by atoms with Crippen LogP contribution in [0.5, 0.6) is 0 Å². The predicted molar refractivity (Wildman–Crippen MR) is 78.3 cm³/mol. The number of hydrogen-bond acceptors (Lipinski definition) is 5. The van der Waals surface area contributed by atoms with Crippen LogP contribution in [0.3, 0.4) is 0 Å². The first-order valence-electron chi connectivity index (χ1n) is 7.40. The molecule has 0 spiro atoms. The van der Waals surface area contributed by atoms with Crippen molar-refractivity contribution in [3.05, 3.63) is 33.6 Å². The van der Waals surface area contributed by atoms with Crippen LogP contribution in [0.4, 0.5) is 0 Å². The summed E-state index contributed by atoms with van der Waals surface area (Å²) >= 11 is 1.65. The molecule has 4 rings (SSSR count). The topological polar surface area (TPSA) is 68.0 Å². The third-order valence-electron chi connectivity index (χ3n) is 4.03. The van der Waals surface area contributed by atoms with Crippen LogP contribution in [0.25, 0.3) is 0 Å². The SMILES string of the molecule is Cc1cnc([C@H](NC(=O)c2cc(C3CC3)on2)C2CC2)s1. The number of hydrogen-bond donors (Lipinski definition) is 1. The normalized spacial score (nSPS) is 19.5. The molecule has 1 N–H and O–H groups in total. The predicted octanol–water partition coefficient (Wildman–Crippen LogP) is 3.20. The third kappa shape index (κ3) is 2.72. The molecule has 0 aliphatic heterocycles. The van der Waals surface area contributed by atoms with Gasteiger partial charge in [0.15, 0.2) is 5.69 Å². The van der Waals surface area contributed by atoms with Gasteiger partial charge >= 0.3 is 0 Å². The van der Waals surface area contributed by atoms with Gasteiger partial charge in [-0.1, -0.05) is 5.16 Å². The average Bonchev–Trinajstić information content (AvgIpc) is 3.40.